The van der Waals surface area contributed by atoms with Crippen LogP contribution < -0.4 is 15.6 Å². The summed E-state index contributed by atoms with van der Waals surface area (Å²) in [6, 6.07) is 16.4. The number of aliphatic hydroxyl groups is 1. The van der Waals surface area contributed by atoms with Crippen LogP contribution in [0.1, 0.15) is 34.0 Å². The number of carbonyl (C=O) groups excluding carboxylic acids is 1. The molecule has 20 heteroatoms. The summed E-state index contributed by atoms with van der Waals surface area (Å²) in [5.74, 6) is -0.860. The number of fused-ring (bicyclic) bond motifs is 1. The third-order valence-electron chi connectivity index (χ3n) is 8.10. The van der Waals surface area contributed by atoms with Gasteiger partial charge in [0.2, 0.25) is 5.88 Å². The Morgan fingerprint density at radius 3 is 2.20 bits per heavy atom. The molecule has 0 spiro atoms. The van der Waals surface area contributed by atoms with Gasteiger partial charge in [-0.3, -0.25) is 23.3 Å². The molecule has 0 aliphatic carbocycles. The minimum atomic E-state index is -4.93. The van der Waals surface area contributed by atoms with Crippen molar-refractivity contribution in [1.29, 1.82) is 5.26 Å². The van der Waals surface area contributed by atoms with E-state index in [0.717, 1.165) is 10.6 Å². The molecule has 0 bridgehead atoms. The van der Waals surface area contributed by atoms with Crippen molar-refractivity contribution in [3.8, 4) is 17.7 Å². The molecule has 5 N–H and O–H groups in total. The van der Waals surface area contributed by atoms with Crippen molar-refractivity contribution >= 4 is 65.4 Å². The van der Waals surface area contributed by atoms with E-state index in [1.807, 2.05) is 6.07 Å². The number of nitrogens with one attached hydrogen (secondary N) is 1. The number of pyridine rings is 1. The van der Waals surface area contributed by atoms with Crippen molar-refractivity contribution in [3.63, 3.8) is 0 Å². The van der Waals surface area contributed by atoms with Crippen molar-refractivity contribution in [2.45, 2.75) is 37.1 Å². The van der Waals surface area contributed by atoms with E-state index in [-0.39, 0.29) is 75.7 Å². The van der Waals surface area contributed by atoms with Gasteiger partial charge < -0.3 is 20.3 Å². The SMILES string of the molecule is CCn1c(O)c(N=Nc2ccc(C(=O)Nc3cc(C)c(N=Nc4ccc5cc(S(=O)(=O)O)cc(S(=O)(=O)O)c5c4)cc3OCCO)cc2)c(C)c(C#N)c1=O. The van der Waals surface area contributed by atoms with E-state index < -0.39 is 47.4 Å². The molecule has 1 amide bonds. The maximum absolute atomic E-state index is 13.3. The zero-order chi connectivity index (χ0) is 40.2. The quantitative estimate of drug-likeness (QED) is 0.0701. The van der Waals surface area contributed by atoms with Crippen molar-refractivity contribution in [2.75, 3.05) is 18.5 Å². The number of benzene rings is 4. The molecule has 0 atom stereocenters. The second-order valence-electron chi connectivity index (χ2n) is 11.7. The number of aromatic hydroxyl groups is 1. The molecule has 0 aliphatic rings. The molecule has 0 fully saturated rings. The summed E-state index contributed by atoms with van der Waals surface area (Å²) in [6.07, 6.45) is 0. The van der Waals surface area contributed by atoms with Crippen LogP contribution in [0.5, 0.6) is 11.6 Å². The number of rotatable bonds is 12. The number of aryl methyl sites for hydroxylation is 1. The van der Waals surface area contributed by atoms with Crippen molar-refractivity contribution in [1.82, 2.24) is 4.57 Å². The summed E-state index contributed by atoms with van der Waals surface area (Å²) in [4.78, 5) is 24.2. The molecule has 5 aromatic rings. The van der Waals surface area contributed by atoms with Crippen molar-refractivity contribution in [2.24, 2.45) is 20.5 Å². The van der Waals surface area contributed by atoms with Gasteiger partial charge in [-0.05, 0) is 86.3 Å². The Bertz CT molecular complexity index is 2740. The number of nitrogens with zero attached hydrogens (tertiary/aromatic N) is 6. The first kappa shape index (κ1) is 39.8. The average molecular weight is 790 g/mol. The van der Waals surface area contributed by atoms with E-state index in [1.54, 1.807) is 19.9 Å². The smallest absolute Gasteiger partial charge is 0.295 e. The molecular weight excluding hydrogens is 759 g/mol. The van der Waals surface area contributed by atoms with Crippen LogP contribution in [-0.4, -0.2) is 59.8 Å². The topological polar surface area (TPSA) is 283 Å². The fraction of sp³-hybridized carbons (Fsp3) is 0.171. The lowest BCUT2D eigenvalue weighted by atomic mass is 10.1. The number of carbonyl (C=O) groups is 1. The fourth-order valence-electron chi connectivity index (χ4n) is 5.31. The second-order valence-corrected chi connectivity index (χ2v) is 14.5. The maximum atomic E-state index is 13.3. The van der Waals surface area contributed by atoms with Gasteiger partial charge in [0.05, 0.1) is 34.3 Å². The van der Waals surface area contributed by atoms with E-state index >= 15 is 0 Å². The Labute approximate surface area is 313 Å². The van der Waals surface area contributed by atoms with Gasteiger partial charge in [0.1, 0.15) is 28.9 Å². The van der Waals surface area contributed by atoms with E-state index in [0.29, 0.717) is 17.3 Å². The van der Waals surface area contributed by atoms with Gasteiger partial charge in [0.15, 0.2) is 5.69 Å². The number of hydrogen-bond acceptors (Lipinski definition) is 14. The Morgan fingerprint density at radius 1 is 0.909 bits per heavy atom. The minimum Gasteiger partial charge on any atom is -0.493 e. The van der Waals surface area contributed by atoms with E-state index in [2.05, 4.69) is 25.8 Å². The number of hydrogen-bond donors (Lipinski definition) is 5. The molecule has 1 heterocycles. The van der Waals surface area contributed by atoms with Gasteiger partial charge in [-0.25, -0.2) is 0 Å². The van der Waals surface area contributed by atoms with Gasteiger partial charge in [-0.1, -0.05) is 6.07 Å². The number of aliphatic hydroxyl groups excluding tert-OH is 1. The highest BCUT2D eigenvalue weighted by molar-refractivity contribution is 7.86. The van der Waals surface area contributed by atoms with Gasteiger partial charge in [0, 0.05) is 29.1 Å². The van der Waals surface area contributed by atoms with E-state index in [9.17, 15) is 51.0 Å². The lowest BCUT2D eigenvalue weighted by Gasteiger charge is -2.14. The highest BCUT2D eigenvalue weighted by Gasteiger charge is 2.22. The number of azo groups is 2. The highest BCUT2D eigenvalue weighted by atomic mass is 32.2. The third-order valence-corrected chi connectivity index (χ3v) is 9.82. The molecule has 5 rings (SSSR count). The summed E-state index contributed by atoms with van der Waals surface area (Å²) in [6.45, 7) is 4.38. The first-order valence-corrected chi connectivity index (χ1v) is 18.9. The predicted molar refractivity (Wildman–Crippen MR) is 198 cm³/mol. The Balaban J connectivity index is 1.40. The molecule has 0 saturated heterocycles. The van der Waals surface area contributed by atoms with Gasteiger partial charge in [-0.15, -0.1) is 5.11 Å². The predicted octanol–water partition coefficient (Wildman–Crippen LogP) is 6.16. The third kappa shape index (κ3) is 8.72. The number of anilines is 1. The summed E-state index contributed by atoms with van der Waals surface area (Å²) in [5.41, 5.74) is 0.917. The summed E-state index contributed by atoms with van der Waals surface area (Å²) in [7, 11) is -9.73. The first-order valence-electron chi connectivity index (χ1n) is 16.0. The van der Waals surface area contributed by atoms with E-state index in [1.165, 1.54) is 55.5 Å². The van der Waals surface area contributed by atoms with Crippen LogP contribution in [0, 0.1) is 25.2 Å². The minimum absolute atomic E-state index is 0.0472. The lowest BCUT2D eigenvalue weighted by molar-refractivity contribution is 0.102. The number of aromatic nitrogens is 1. The highest BCUT2D eigenvalue weighted by Crippen LogP contribution is 2.36. The lowest BCUT2D eigenvalue weighted by Crippen LogP contribution is -2.23. The zero-order valence-corrected chi connectivity index (χ0v) is 30.8. The van der Waals surface area contributed by atoms with Crippen molar-refractivity contribution < 1.29 is 45.7 Å². The van der Waals surface area contributed by atoms with Crippen molar-refractivity contribution in [3.05, 3.63) is 99.3 Å². The second kappa shape index (κ2) is 15.9. The van der Waals surface area contributed by atoms with Crippen LogP contribution in [-0.2, 0) is 26.8 Å². The molecular formula is C35H31N7O11S2. The van der Waals surface area contributed by atoms with Crippen LogP contribution in [0.4, 0.5) is 28.4 Å². The summed E-state index contributed by atoms with van der Waals surface area (Å²) in [5, 5.41) is 48.6. The van der Waals surface area contributed by atoms with Crippen LogP contribution in [0.2, 0.25) is 0 Å². The molecule has 284 valence electrons. The molecule has 0 unspecified atom stereocenters. The normalized spacial score (nSPS) is 12.0. The van der Waals surface area contributed by atoms with Gasteiger partial charge >= 0.3 is 0 Å². The van der Waals surface area contributed by atoms with Crippen LogP contribution >= 0.6 is 0 Å². The van der Waals surface area contributed by atoms with Crippen LogP contribution in [0.15, 0.2) is 102 Å². The van der Waals surface area contributed by atoms with Crippen LogP contribution in [0.25, 0.3) is 10.8 Å². The van der Waals surface area contributed by atoms with Gasteiger partial charge in [0.25, 0.3) is 31.7 Å². The van der Waals surface area contributed by atoms with Crippen LogP contribution in [0.3, 0.4) is 0 Å². The monoisotopic (exact) mass is 789 g/mol. The molecule has 1 aromatic heterocycles. The fourth-order valence-corrected chi connectivity index (χ4v) is 6.66. The summed E-state index contributed by atoms with van der Waals surface area (Å²) < 4.78 is 73.3. The zero-order valence-electron chi connectivity index (χ0n) is 29.1. The molecule has 18 nitrogen and oxygen atoms in total. The standard InChI is InChI=1S/C35H31N7O11S2/c1-4-42-34(45)27(18-36)20(3)32(35(42)46)41-38-23-8-5-21(6-9-23)33(44)37-29-13-19(2)28(17-30(29)53-12-11-43)40-39-24-10-7-22-14-25(54(47,48)49)16-31(26(22)15-24)55(50,51)52/h5-10,13-17,43,46H,4,11-12H2,1-3H3,(H,37,44)(H,47,48,49)(H,50,51,52). The summed E-state index contributed by atoms with van der Waals surface area (Å²) >= 11 is 0. The largest absolute Gasteiger partial charge is 0.493 e. The Kier molecular flexibility index (Phi) is 11.5. The number of ether oxygens (including phenoxy) is 1. The van der Waals surface area contributed by atoms with Gasteiger partial charge in [-0.2, -0.15) is 37.4 Å². The molecule has 4 aromatic carbocycles. The first-order chi connectivity index (χ1) is 26.0. The average Bonchev–Trinajstić information content (AvgIpc) is 3.13. The number of amides is 1. The Hall–Kier alpha value is -6.37. The maximum Gasteiger partial charge on any atom is 0.295 e. The molecule has 55 heavy (non-hydrogen) atoms. The van der Waals surface area contributed by atoms with E-state index in [4.69, 9.17) is 4.74 Å². The molecule has 0 aliphatic heterocycles. The molecule has 0 saturated carbocycles. The molecule has 0 radical (unpaired) electrons. The number of nitriles is 1. The Morgan fingerprint density at radius 2 is 1.58 bits per heavy atom.